The monoisotopic (exact) mass is 263 g/mol. The molecule has 0 bridgehead atoms. The zero-order chi connectivity index (χ0) is 13.1. The molecule has 1 nitrogen and oxygen atoms in total. The highest BCUT2D eigenvalue weighted by Gasteiger charge is 2.75. The topological polar surface area (TPSA) is 12.4 Å². The van der Waals surface area contributed by atoms with Crippen molar-refractivity contribution in [1.29, 1.82) is 0 Å². The summed E-state index contributed by atoms with van der Waals surface area (Å²) in [6, 6.07) is 0. The minimum Gasteiger partial charge on any atom is -0.226 e. The molecule has 3 fully saturated rings. The Balaban J connectivity index is 1.91. The van der Waals surface area contributed by atoms with Crippen LogP contribution in [-0.4, -0.2) is 10.7 Å². The van der Waals surface area contributed by atoms with Crippen molar-refractivity contribution >= 4 is 17.4 Å². The first-order chi connectivity index (χ1) is 8.45. The Kier molecular flexibility index (Phi) is 2.78. The minimum absolute atomic E-state index is 0.00359. The van der Waals surface area contributed by atoms with Gasteiger partial charge in [0, 0.05) is 0 Å². The number of rotatable bonds is 2. The lowest BCUT2D eigenvalue weighted by atomic mass is 9.67. The molecule has 100 valence electrons. The Morgan fingerprint density at radius 2 is 1.89 bits per heavy atom. The van der Waals surface area contributed by atoms with Crippen LogP contribution >= 0.6 is 12.2 Å². The molecule has 2 heteroatoms. The van der Waals surface area contributed by atoms with Gasteiger partial charge in [-0.15, -0.1) is 0 Å². The molecule has 0 N–H and O–H groups in total. The van der Waals surface area contributed by atoms with Gasteiger partial charge in [0.1, 0.15) is 0 Å². The number of fused-ring (bicyclic) bond motifs is 1. The van der Waals surface area contributed by atoms with Gasteiger partial charge in [-0.3, -0.25) is 0 Å². The molecule has 0 heterocycles. The maximum Gasteiger partial charge on any atom is 0.0685 e. The molecule has 0 unspecified atom stereocenters. The lowest BCUT2D eigenvalue weighted by Crippen LogP contribution is -2.37. The van der Waals surface area contributed by atoms with E-state index in [1.165, 1.54) is 25.7 Å². The Hall–Kier alpha value is -0.200. The number of aliphatic imine (C=N–C) groups is 1. The Morgan fingerprint density at radius 1 is 1.17 bits per heavy atom. The van der Waals surface area contributed by atoms with E-state index in [0.717, 1.165) is 29.6 Å². The molecule has 3 aliphatic rings. The molecule has 1 spiro atoms. The molecule has 6 atom stereocenters. The first-order valence-electron chi connectivity index (χ1n) is 7.54. The van der Waals surface area contributed by atoms with E-state index in [4.69, 9.17) is 12.2 Å². The van der Waals surface area contributed by atoms with Crippen LogP contribution in [0.2, 0.25) is 0 Å². The van der Waals surface area contributed by atoms with Crippen LogP contribution in [0.3, 0.4) is 0 Å². The zero-order valence-electron chi connectivity index (χ0n) is 12.1. The molecule has 0 amide bonds. The lowest BCUT2D eigenvalue weighted by molar-refractivity contribution is 0.125. The van der Waals surface area contributed by atoms with E-state index in [0.29, 0.717) is 5.41 Å². The van der Waals surface area contributed by atoms with Crippen molar-refractivity contribution in [2.45, 2.75) is 58.9 Å². The van der Waals surface area contributed by atoms with Gasteiger partial charge in [0.05, 0.1) is 10.7 Å². The van der Waals surface area contributed by atoms with Gasteiger partial charge in [0.2, 0.25) is 0 Å². The Labute approximate surface area is 116 Å². The fourth-order valence-electron chi connectivity index (χ4n) is 5.79. The zero-order valence-corrected chi connectivity index (χ0v) is 12.9. The van der Waals surface area contributed by atoms with Gasteiger partial charge in [0.15, 0.2) is 0 Å². The van der Waals surface area contributed by atoms with Crippen molar-refractivity contribution < 1.29 is 0 Å². The third-order valence-electron chi connectivity index (χ3n) is 6.67. The van der Waals surface area contributed by atoms with E-state index < -0.39 is 0 Å². The van der Waals surface area contributed by atoms with Crippen LogP contribution in [0.1, 0.15) is 53.4 Å². The molecule has 0 aromatic carbocycles. The first-order valence-corrected chi connectivity index (χ1v) is 7.95. The summed E-state index contributed by atoms with van der Waals surface area (Å²) in [4.78, 5) is 4.50. The van der Waals surface area contributed by atoms with Gasteiger partial charge in [-0.25, -0.2) is 4.99 Å². The molecule has 3 aliphatic carbocycles. The summed E-state index contributed by atoms with van der Waals surface area (Å²) in [5, 5.41) is 2.64. The van der Waals surface area contributed by atoms with Crippen molar-refractivity contribution in [1.82, 2.24) is 0 Å². The normalized spacial score (nSPS) is 50.1. The van der Waals surface area contributed by atoms with E-state index in [9.17, 15) is 0 Å². The summed E-state index contributed by atoms with van der Waals surface area (Å²) < 4.78 is 0. The van der Waals surface area contributed by atoms with Crippen molar-refractivity contribution in [3.63, 3.8) is 0 Å². The van der Waals surface area contributed by atoms with Crippen LogP contribution in [0.25, 0.3) is 0 Å². The summed E-state index contributed by atoms with van der Waals surface area (Å²) in [6.45, 7) is 9.49. The Morgan fingerprint density at radius 3 is 2.56 bits per heavy atom. The van der Waals surface area contributed by atoms with E-state index in [-0.39, 0.29) is 5.54 Å². The molecule has 0 aliphatic heterocycles. The predicted octanol–water partition coefficient (Wildman–Crippen LogP) is 4.58. The van der Waals surface area contributed by atoms with Crippen LogP contribution in [0.15, 0.2) is 4.99 Å². The fraction of sp³-hybridized carbons (Fsp3) is 0.938. The number of hydrogen-bond donors (Lipinski definition) is 0. The van der Waals surface area contributed by atoms with E-state index >= 15 is 0 Å². The third kappa shape index (κ3) is 1.45. The second kappa shape index (κ2) is 3.90. The number of isothiocyanates is 1. The number of thiocarbonyl (C=S) groups is 1. The molecule has 0 aromatic rings. The standard InChI is InChI=1S/C16H25NS/c1-10-7-8-16-11(2)5-6-12(14(16)13(10)16)15(3,4)17-9-18/h10-14H,5-8H2,1-4H3/t10-,11+,12-,13+,14+,16-/m0/s1. The average molecular weight is 263 g/mol. The molecule has 18 heavy (non-hydrogen) atoms. The molecule has 3 saturated carbocycles. The summed E-state index contributed by atoms with van der Waals surface area (Å²) in [6.07, 6.45) is 5.65. The maximum atomic E-state index is 4.85. The number of nitrogens with zero attached hydrogens (tertiary/aromatic N) is 1. The molecular formula is C16H25NS. The van der Waals surface area contributed by atoms with E-state index in [1.807, 2.05) is 0 Å². The lowest BCUT2D eigenvalue weighted by Gasteiger charge is -2.39. The minimum atomic E-state index is 0.00359. The van der Waals surface area contributed by atoms with Crippen LogP contribution in [0.4, 0.5) is 0 Å². The summed E-state index contributed by atoms with van der Waals surface area (Å²) >= 11 is 4.85. The SMILES string of the molecule is C[C@@H]1CC[C@H](C(C)(C)N=C=S)[C@@H]2[C@H]3[C@@H](C)CC[C@]321. The summed E-state index contributed by atoms with van der Waals surface area (Å²) in [5.41, 5.74) is 0.695. The predicted molar refractivity (Wildman–Crippen MR) is 78.8 cm³/mol. The van der Waals surface area contributed by atoms with Crippen LogP contribution in [0.5, 0.6) is 0 Å². The van der Waals surface area contributed by atoms with Gasteiger partial charge in [-0.1, -0.05) is 13.8 Å². The fourth-order valence-corrected chi connectivity index (χ4v) is 6.03. The maximum absolute atomic E-state index is 4.85. The molecule has 0 aromatic heterocycles. The smallest absolute Gasteiger partial charge is 0.0685 e. The second-order valence-corrected chi connectivity index (χ2v) is 7.80. The van der Waals surface area contributed by atoms with Crippen LogP contribution < -0.4 is 0 Å². The third-order valence-corrected chi connectivity index (χ3v) is 6.76. The average Bonchev–Trinajstić information content (AvgIpc) is 2.86. The first kappa shape index (κ1) is 12.8. The molecule has 3 rings (SSSR count). The summed E-state index contributed by atoms with van der Waals surface area (Å²) in [5.74, 6) is 4.51. The van der Waals surface area contributed by atoms with Crippen molar-refractivity contribution in [2.75, 3.05) is 0 Å². The van der Waals surface area contributed by atoms with Crippen molar-refractivity contribution in [3.05, 3.63) is 0 Å². The molecule has 0 radical (unpaired) electrons. The molecular weight excluding hydrogens is 238 g/mol. The van der Waals surface area contributed by atoms with Crippen molar-refractivity contribution in [2.24, 2.45) is 40.0 Å². The van der Waals surface area contributed by atoms with Gasteiger partial charge in [-0.05, 0) is 86.8 Å². The van der Waals surface area contributed by atoms with Gasteiger partial charge < -0.3 is 0 Å². The summed E-state index contributed by atoms with van der Waals surface area (Å²) in [7, 11) is 0. The Bertz CT molecular complexity index is 409. The highest BCUT2D eigenvalue weighted by molar-refractivity contribution is 7.78. The van der Waals surface area contributed by atoms with E-state index in [2.05, 4.69) is 37.8 Å². The van der Waals surface area contributed by atoms with Gasteiger partial charge >= 0.3 is 0 Å². The number of hydrogen-bond acceptors (Lipinski definition) is 2. The van der Waals surface area contributed by atoms with Gasteiger partial charge in [-0.2, -0.15) is 0 Å². The highest BCUT2D eigenvalue weighted by Crippen LogP contribution is 2.79. The van der Waals surface area contributed by atoms with Crippen molar-refractivity contribution in [3.8, 4) is 0 Å². The highest BCUT2D eigenvalue weighted by atomic mass is 32.1. The van der Waals surface area contributed by atoms with Gasteiger partial charge in [0.25, 0.3) is 0 Å². The second-order valence-electron chi connectivity index (χ2n) is 7.62. The molecule has 0 saturated heterocycles. The largest absolute Gasteiger partial charge is 0.226 e. The van der Waals surface area contributed by atoms with Crippen LogP contribution in [-0.2, 0) is 0 Å². The van der Waals surface area contributed by atoms with Crippen LogP contribution in [0, 0.1) is 35.0 Å². The van der Waals surface area contributed by atoms with E-state index in [1.54, 1.807) is 0 Å². The quantitative estimate of drug-likeness (QED) is 0.525.